The first kappa shape index (κ1) is 25.4. The van der Waals surface area contributed by atoms with E-state index in [9.17, 15) is 9.59 Å². The summed E-state index contributed by atoms with van der Waals surface area (Å²) >= 11 is 0. The number of rotatable bonds is 9. The Morgan fingerprint density at radius 1 is 1.05 bits per heavy atom. The molecule has 0 saturated heterocycles. The third-order valence-corrected chi connectivity index (χ3v) is 5.84. The zero-order chi connectivity index (χ0) is 26.0. The lowest BCUT2D eigenvalue weighted by molar-refractivity contribution is -0.116. The van der Waals surface area contributed by atoms with Crippen LogP contribution in [0.5, 0.6) is 0 Å². The zero-order valence-corrected chi connectivity index (χ0v) is 20.5. The molecule has 1 atom stereocenters. The Hall–Kier alpha value is -4.65. The quantitative estimate of drug-likeness (QED) is 0.346. The third-order valence-electron chi connectivity index (χ3n) is 5.84. The van der Waals surface area contributed by atoms with Gasteiger partial charge < -0.3 is 11.1 Å². The maximum absolute atomic E-state index is 13.6. The SMILES string of the molecule is Cn1c(NCC(C=C=NC(=O)CN)Cc2ccccc2)nc(-c2ccncc2)c(-c2ccccc2)c1=O. The summed E-state index contributed by atoms with van der Waals surface area (Å²) in [5, 5.41) is 3.33. The largest absolute Gasteiger partial charge is 0.355 e. The second-order valence-corrected chi connectivity index (χ2v) is 8.46. The molecule has 4 aromatic rings. The van der Waals surface area contributed by atoms with Gasteiger partial charge in [0, 0.05) is 37.5 Å². The van der Waals surface area contributed by atoms with E-state index in [0.717, 1.165) is 16.7 Å². The Labute approximate surface area is 215 Å². The maximum atomic E-state index is 13.6. The van der Waals surface area contributed by atoms with Gasteiger partial charge in [-0.2, -0.15) is 4.99 Å². The number of hydrogen-bond donors (Lipinski definition) is 2. The van der Waals surface area contributed by atoms with Crippen LogP contribution in [0.2, 0.25) is 0 Å². The van der Waals surface area contributed by atoms with Gasteiger partial charge in [0.05, 0.1) is 17.8 Å². The highest BCUT2D eigenvalue weighted by molar-refractivity contribution is 5.85. The molecule has 3 N–H and O–H groups in total. The number of anilines is 1. The number of carbonyl (C=O) groups is 1. The Morgan fingerprint density at radius 2 is 1.73 bits per heavy atom. The summed E-state index contributed by atoms with van der Waals surface area (Å²) in [6, 6.07) is 23.2. The van der Waals surface area contributed by atoms with E-state index in [-0.39, 0.29) is 18.0 Å². The van der Waals surface area contributed by atoms with Crippen molar-refractivity contribution in [1.82, 2.24) is 14.5 Å². The van der Waals surface area contributed by atoms with Crippen LogP contribution in [0.25, 0.3) is 22.4 Å². The molecule has 0 aliphatic heterocycles. The minimum atomic E-state index is -0.440. The summed E-state index contributed by atoms with van der Waals surface area (Å²) in [6.07, 6.45) is 5.78. The number of aromatic nitrogens is 3. The zero-order valence-electron chi connectivity index (χ0n) is 20.5. The van der Waals surface area contributed by atoms with Crippen LogP contribution in [-0.4, -0.2) is 39.4 Å². The minimum Gasteiger partial charge on any atom is -0.355 e. The van der Waals surface area contributed by atoms with Gasteiger partial charge in [0.15, 0.2) is 0 Å². The monoisotopic (exact) mass is 492 g/mol. The number of aliphatic imine (C=N–C) groups is 1. The predicted molar refractivity (Wildman–Crippen MR) is 146 cm³/mol. The number of amides is 1. The van der Waals surface area contributed by atoms with Crippen molar-refractivity contribution in [2.75, 3.05) is 18.4 Å². The molecule has 0 saturated carbocycles. The lowest BCUT2D eigenvalue weighted by atomic mass is 9.99. The molecule has 2 heterocycles. The highest BCUT2D eigenvalue weighted by atomic mass is 16.1. The van der Waals surface area contributed by atoms with E-state index in [0.29, 0.717) is 30.2 Å². The molecule has 37 heavy (non-hydrogen) atoms. The van der Waals surface area contributed by atoms with Gasteiger partial charge in [-0.25, -0.2) is 4.98 Å². The molecule has 4 rings (SSSR count). The van der Waals surface area contributed by atoms with Gasteiger partial charge in [0.25, 0.3) is 11.5 Å². The van der Waals surface area contributed by atoms with Crippen LogP contribution < -0.4 is 16.6 Å². The molecule has 8 heteroatoms. The number of hydrogen-bond acceptors (Lipinski definition) is 6. The van der Waals surface area contributed by atoms with Gasteiger partial charge in [-0.1, -0.05) is 60.7 Å². The van der Waals surface area contributed by atoms with E-state index >= 15 is 0 Å². The number of carbonyl (C=O) groups excluding carboxylic acids is 1. The fourth-order valence-electron chi connectivity index (χ4n) is 3.93. The molecule has 2 aromatic carbocycles. The number of pyridine rings is 1. The van der Waals surface area contributed by atoms with E-state index in [2.05, 4.69) is 21.2 Å². The number of benzene rings is 2. The smallest absolute Gasteiger partial charge is 0.267 e. The second-order valence-electron chi connectivity index (χ2n) is 8.46. The minimum absolute atomic E-state index is 0.0770. The van der Waals surface area contributed by atoms with Crippen molar-refractivity contribution in [1.29, 1.82) is 0 Å². The molecule has 0 radical (unpaired) electrons. The van der Waals surface area contributed by atoms with Crippen LogP contribution in [0.4, 0.5) is 5.95 Å². The van der Waals surface area contributed by atoms with E-state index in [4.69, 9.17) is 10.7 Å². The Morgan fingerprint density at radius 3 is 2.41 bits per heavy atom. The Bertz CT molecular complexity index is 1460. The molecule has 2 aromatic heterocycles. The molecule has 0 aliphatic rings. The molecule has 0 spiro atoms. The standard InChI is InChI=1S/C29H28N6O2/c1-35-28(37)26(23-10-6-3-7-11-23)27(24-13-15-31-16-14-24)34-29(35)33-20-22(12-17-32-25(36)19-30)18-21-8-4-2-5-9-21/h2-16,22H,18-20,30H2,1H3,(H,33,34). The van der Waals surface area contributed by atoms with Gasteiger partial charge in [0.1, 0.15) is 0 Å². The van der Waals surface area contributed by atoms with Crippen molar-refractivity contribution in [2.45, 2.75) is 6.42 Å². The summed E-state index contributed by atoms with van der Waals surface area (Å²) in [5.41, 5.74) is 8.98. The summed E-state index contributed by atoms with van der Waals surface area (Å²) in [4.78, 5) is 37.8. The van der Waals surface area contributed by atoms with Gasteiger partial charge in [0.2, 0.25) is 5.95 Å². The second kappa shape index (κ2) is 12.4. The maximum Gasteiger partial charge on any atom is 0.267 e. The van der Waals surface area contributed by atoms with Crippen LogP contribution in [0.3, 0.4) is 0 Å². The van der Waals surface area contributed by atoms with Crippen molar-refractivity contribution >= 4 is 17.7 Å². The number of nitrogens with one attached hydrogen (secondary N) is 1. The molecular weight excluding hydrogens is 464 g/mol. The molecule has 0 bridgehead atoms. The first-order chi connectivity index (χ1) is 18.1. The normalized spacial score (nSPS) is 11.3. The summed E-state index contributed by atoms with van der Waals surface area (Å²) < 4.78 is 1.52. The first-order valence-corrected chi connectivity index (χ1v) is 11.9. The Balaban J connectivity index is 1.70. The molecule has 1 amide bonds. The molecule has 8 nitrogen and oxygen atoms in total. The summed E-state index contributed by atoms with van der Waals surface area (Å²) in [7, 11) is 1.70. The Kier molecular flexibility index (Phi) is 8.49. The molecule has 1 unspecified atom stereocenters. The average Bonchev–Trinajstić information content (AvgIpc) is 2.94. The van der Waals surface area contributed by atoms with Crippen LogP contribution in [-0.2, 0) is 18.3 Å². The van der Waals surface area contributed by atoms with E-state index in [1.165, 1.54) is 4.57 Å². The highest BCUT2D eigenvalue weighted by Gasteiger charge is 2.18. The topological polar surface area (TPSA) is 115 Å². The van der Waals surface area contributed by atoms with Crippen LogP contribution in [0.1, 0.15) is 5.56 Å². The van der Waals surface area contributed by atoms with Crippen molar-refractivity contribution in [3.8, 4) is 22.4 Å². The summed E-state index contributed by atoms with van der Waals surface area (Å²) in [6.45, 7) is 0.273. The van der Waals surface area contributed by atoms with Gasteiger partial charge >= 0.3 is 0 Å². The lowest BCUT2D eigenvalue weighted by Gasteiger charge is -2.18. The molecule has 0 aliphatic carbocycles. The molecule has 186 valence electrons. The fourth-order valence-corrected chi connectivity index (χ4v) is 3.93. The lowest BCUT2D eigenvalue weighted by Crippen LogP contribution is -2.27. The van der Waals surface area contributed by atoms with Crippen molar-refractivity contribution in [3.63, 3.8) is 0 Å². The van der Waals surface area contributed by atoms with Crippen LogP contribution >= 0.6 is 0 Å². The van der Waals surface area contributed by atoms with E-state index in [1.807, 2.05) is 72.8 Å². The average molecular weight is 493 g/mol. The van der Waals surface area contributed by atoms with Crippen LogP contribution in [0, 0.1) is 5.92 Å². The number of nitrogens with zero attached hydrogens (tertiary/aromatic N) is 4. The summed E-state index contributed by atoms with van der Waals surface area (Å²) in [5.74, 6) is 2.63. The van der Waals surface area contributed by atoms with E-state index < -0.39 is 5.91 Å². The van der Waals surface area contributed by atoms with Gasteiger partial charge in [-0.05, 0) is 41.6 Å². The fraction of sp³-hybridized carbons (Fsp3) is 0.172. The highest BCUT2D eigenvalue weighted by Crippen LogP contribution is 2.28. The van der Waals surface area contributed by atoms with Crippen LogP contribution in [0.15, 0.2) is 101 Å². The first-order valence-electron chi connectivity index (χ1n) is 11.9. The van der Waals surface area contributed by atoms with Crippen molar-refractivity contribution in [3.05, 3.63) is 107 Å². The molecular formula is C29H28N6O2. The van der Waals surface area contributed by atoms with Gasteiger partial charge in [-0.15, -0.1) is 0 Å². The van der Waals surface area contributed by atoms with Crippen molar-refractivity contribution in [2.24, 2.45) is 23.7 Å². The third kappa shape index (κ3) is 6.52. The number of nitrogens with two attached hydrogens (primary N) is 1. The van der Waals surface area contributed by atoms with Crippen molar-refractivity contribution < 1.29 is 4.79 Å². The van der Waals surface area contributed by atoms with E-state index in [1.54, 1.807) is 25.5 Å². The molecule has 0 fully saturated rings. The predicted octanol–water partition coefficient (Wildman–Crippen LogP) is 3.49. The van der Waals surface area contributed by atoms with Gasteiger partial charge in [-0.3, -0.25) is 19.1 Å².